The molecule has 0 aliphatic heterocycles. The number of nitrogens with zero attached hydrogens (tertiary/aromatic N) is 1. The lowest BCUT2D eigenvalue weighted by Crippen LogP contribution is -2.29. The SMILES string of the molecule is CSCCNC(=O)c1nc2ccccc2c(=O)[nH]1. The summed E-state index contributed by atoms with van der Waals surface area (Å²) in [6.07, 6.45) is 1.96. The van der Waals surface area contributed by atoms with Crippen LogP contribution >= 0.6 is 11.8 Å². The highest BCUT2D eigenvalue weighted by Gasteiger charge is 2.10. The minimum Gasteiger partial charge on any atom is -0.349 e. The Balaban J connectivity index is 2.29. The third-order valence-electron chi connectivity index (χ3n) is 2.42. The van der Waals surface area contributed by atoms with Gasteiger partial charge in [0.25, 0.3) is 11.5 Å². The zero-order valence-electron chi connectivity index (χ0n) is 9.90. The second-order valence-electron chi connectivity index (χ2n) is 3.68. The molecule has 94 valence electrons. The summed E-state index contributed by atoms with van der Waals surface area (Å²) in [4.78, 5) is 30.1. The summed E-state index contributed by atoms with van der Waals surface area (Å²) < 4.78 is 0. The number of H-pyrrole nitrogens is 1. The number of carbonyl (C=O) groups excluding carboxylic acids is 1. The monoisotopic (exact) mass is 263 g/mol. The Hall–Kier alpha value is -1.82. The van der Waals surface area contributed by atoms with Crippen molar-refractivity contribution in [2.24, 2.45) is 0 Å². The number of carbonyl (C=O) groups is 1. The molecule has 1 aromatic heterocycles. The van der Waals surface area contributed by atoms with Crippen LogP contribution in [0.3, 0.4) is 0 Å². The molecule has 0 radical (unpaired) electrons. The Morgan fingerprint density at radius 2 is 2.22 bits per heavy atom. The van der Waals surface area contributed by atoms with Crippen molar-refractivity contribution in [1.82, 2.24) is 15.3 Å². The summed E-state index contributed by atoms with van der Waals surface area (Å²) in [6.45, 7) is 0.552. The lowest BCUT2D eigenvalue weighted by molar-refractivity contribution is 0.0946. The van der Waals surface area contributed by atoms with E-state index in [0.29, 0.717) is 17.4 Å². The fraction of sp³-hybridized carbons (Fsp3) is 0.250. The molecule has 0 spiro atoms. The van der Waals surface area contributed by atoms with Crippen LogP contribution in [0, 0.1) is 0 Å². The highest BCUT2D eigenvalue weighted by Crippen LogP contribution is 2.05. The molecule has 1 aromatic carbocycles. The summed E-state index contributed by atoms with van der Waals surface area (Å²) in [6, 6.07) is 6.93. The predicted octanol–water partition coefficient (Wildman–Crippen LogP) is 1.02. The molecule has 0 aliphatic rings. The van der Waals surface area contributed by atoms with Crippen molar-refractivity contribution in [2.45, 2.75) is 0 Å². The summed E-state index contributed by atoms with van der Waals surface area (Å²) in [5.41, 5.74) is 0.229. The number of fused-ring (bicyclic) bond motifs is 1. The first-order valence-corrected chi connectivity index (χ1v) is 6.88. The van der Waals surface area contributed by atoms with Gasteiger partial charge in [-0.25, -0.2) is 4.98 Å². The lowest BCUT2D eigenvalue weighted by atomic mass is 10.2. The number of hydrogen-bond donors (Lipinski definition) is 2. The number of aromatic nitrogens is 2. The van der Waals surface area contributed by atoms with Gasteiger partial charge in [0, 0.05) is 12.3 Å². The van der Waals surface area contributed by atoms with E-state index in [1.807, 2.05) is 6.26 Å². The largest absolute Gasteiger partial charge is 0.349 e. The third kappa shape index (κ3) is 2.70. The van der Waals surface area contributed by atoms with E-state index in [4.69, 9.17) is 0 Å². The molecule has 0 saturated heterocycles. The van der Waals surface area contributed by atoms with E-state index in [1.54, 1.807) is 36.0 Å². The van der Waals surface area contributed by atoms with Gasteiger partial charge in [-0.3, -0.25) is 9.59 Å². The van der Waals surface area contributed by atoms with E-state index in [0.717, 1.165) is 5.75 Å². The van der Waals surface area contributed by atoms with Gasteiger partial charge in [-0.15, -0.1) is 0 Å². The van der Waals surface area contributed by atoms with Crippen molar-refractivity contribution < 1.29 is 4.79 Å². The van der Waals surface area contributed by atoms with Gasteiger partial charge in [0.1, 0.15) is 0 Å². The van der Waals surface area contributed by atoms with Crippen LogP contribution in [0.15, 0.2) is 29.1 Å². The molecule has 0 bridgehead atoms. The Morgan fingerprint density at radius 1 is 1.44 bits per heavy atom. The van der Waals surface area contributed by atoms with Gasteiger partial charge in [-0.1, -0.05) is 12.1 Å². The van der Waals surface area contributed by atoms with Gasteiger partial charge >= 0.3 is 0 Å². The van der Waals surface area contributed by atoms with Crippen molar-refractivity contribution in [3.05, 3.63) is 40.4 Å². The molecule has 2 rings (SSSR count). The smallest absolute Gasteiger partial charge is 0.287 e. The van der Waals surface area contributed by atoms with Crippen molar-refractivity contribution in [3.8, 4) is 0 Å². The maximum Gasteiger partial charge on any atom is 0.287 e. The molecule has 6 heteroatoms. The zero-order valence-corrected chi connectivity index (χ0v) is 10.7. The van der Waals surface area contributed by atoms with Crippen LogP contribution < -0.4 is 10.9 Å². The van der Waals surface area contributed by atoms with E-state index in [9.17, 15) is 9.59 Å². The minimum absolute atomic E-state index is 0.0554. The maximum atomic E-state index is 11.8. The van der Waals surface area contributed by atoms with Crippen molar-refractivity contribution in [1.29, 1.82) is 0 Å². The number of aromatic amines is 1. The minimum atomic E-state index is -0.355. The first-order chi connectivity index (χ1) is 8.72. The summed E-state index contributed by atoms with van der Waals surface area (Å²) >= 11 is 1.64. The molecule has 1 amide bonds. The molecule has 0 unspecified atom stereocenters. The van der Waals surface area contributed by atoms with Crippen LogP contribution in [0.1, 0.15) is 10.6 Å². The fourth-order valence-corrected chi connectivity index (χ4v) is 1.85. The first-order valence-electron chi connectivity index (χ1n) is 5.48. The van der Waals surface area contributed by atoms with E-state index in [1.165, 1.54) is 0 Å². The van der Waals surface area contributed by atoms with Crippen LogP contribution in [0.25, 0.3) is 10.9 Å². The average molecular weight is 263 g/mol. The quantitative estimate of drug-likeness (QED) is 0.807. The van der Waals surface area contributed by atoms with Crippen LogP contribution in [0.4, 0.5) is 0 Å². The van der Waals surface area contributed by atoms with Crippen molar-refractivity contribution in [3.63, 3.8) is 0 Å². The molecular weight excluding hydrogens is 250 g/mol. The first kappa shape index (κ1) is 12.6. The lowest BCUT2D eigenvalue weighted by Gasteiger charge is -2.04. The molecule has 2 N–H and O–H groups in total. The van der Waals surface area contributed by atoms with Crippen molar-refractivity contribution >= 4 is 28.6 Å². The maximum absolute atomic E-state index is 11.8. The van der Waals surface area contributed by atoms with Gasteiger partial charge in [-0.2, -0.15) is 11.8 Å². The Bertz CT molecular complexity index is 624. The van der Waals surface area contributed by atoms with E-state index < -0.39 is 0 Å². The Labute approximate surface area is 108 Å². The second-order valence-corrected chi connectivity index (χ2v) is 4.67. The molecule has 0 fully saturated rings. The van der Waals surface area contributed by atoms with Crippen LogP contribution in [-0.4, -0.2) is 34.4 Å². The van der Waals surface area contributed by atoms with Crippen LogP contribution in [0.2, 0.25) is 0 Å². The topological polar surface area (TPSA) is 74.8 Å². The second kappa shape index (κ2) is 5.68. The standard InChI is InChI=1S/C12H13N3O2S/c1-18-7-6-13-12(17)10-14-9-5-3-2-4-8(9)11(16)15-10/h2-5H,6-7H2,1H3,(H,13,17)(H,14,15,16). The number of hydrogen-bond acceptors (Lipinski definition) is 4. The summed E-state index contributed by atoms with van der Waals surface area (Å²) in [5.74, 6) is 0.524. The van der Waals surface area contributed by atoms with Crippen molar-refractivity contribution in [2.75, 3.05) is 18.6 Å². The normalized spacial score (nSPS) is 10.5. The van der Waals surface area contributed by atoms with Crippen LogP contribution in [0.5, 0.6) is 0 Å². The van der Waals surface area contributed by atoms with Gasteiger partial charge in [0.15, 0.2) is 5.82 Å². The Morgan fingerprint density at radius 3 is 3.00 bits per heavy atom. The molecule has 2 aromatic rings. The highest BCUT2D eigenvalue weighted by molar-refractivity contribution is 7.98. The zero-order chi connectivity index (χ0) is 13.0. The molecule has 5 nitrogen and oxygen atoms in total. The average Bonchev–Trinajstić information content (AvgIpc) is 2.39. The molecule has 0 aliphatic carbocycles. The molecule has 0 saturated carbocycles. The number of thioether (sulfide) groups is 1. The molecule has 18 heavy (non-hydrogen) atoms. The fourth-order valence-electron chi connectivity index (χ4n) is 1.54. The van der Waals surface area contributed by atoms with Gasteiger partial charge in [-0.05, 0) is 18.4 Å². The van der Waals surface area contributed by atoms with Gasteiger partial charge in [0.2, 0.25) is 0 Å². The highest BCUT2D eigenvalue weighted by atomic mass is 32.2. The van der Waals surface area contributed by atoms with E-state index >= 15 is 0 Å². The number of benzene rings is 1. The summed E-state index contributed by atoms with van der Waals surface area (Å²) in [7, 11) is 0. The van der Waals surface area contributed by atoms with E-state index in [-0.39, 0.29) is 17.3 Å². The number of rotatable bonds is 4. The van der Waals surface area contributed by atoms with E-state index in [2.05, 4.69) is 15.3 Å². The molecule has 0 atom stereocenters. The molecular formula is C12H13N3O2S. The number of amides is 1. The van der Waals surface area contributed by atoms with Gasteiger partial charge in [0.05, 0.1) is 10.9 Å². The number of para-hydroxylation sites is 1. The predicted molar refractivity (Wildman–Crippen MR) is 73.1 cm³/mol. The summed E-state index contributed by atoms with van der Waals surface area (Å²) in [5, 5.41) is 3.18. The number of nitrogens with one attached hydrogen (secondary N) is 2. The van der Waals surface area contributed by atoms with Crippen LogP contribution in [-0.2, 0) is 0 Å². The molecule has 1 heterocycles. The Kier molecular flexibility index (Phi) is 3.99. The van der Waals surface area contributed by atoms with Gasteiger partial charge < -0.3 is 10.3 Å². The third-order valence-corrected chi connectivity index (χ3v) is 3.03.